The van der Waals surface area contributed by atoms with Crippen molar-refractivity contribution in [1.29, 1.82) is 0 Å². The van der Waals surface area contributed by atoms with Crippen LogP contribution in [0.25, 0.3) is 0 Å². The Labute approximate surface area is 149 Å². The summed E-state index contributed by atoms with van der Waals surface area (Å²) in [7, 11) is -4.06. The molecule has 26 heavy (non-hydrogen) atoms. The van der Waals surface area contributed by atoms with Gasteiger partial charge in [-0.1, -0.05) is 6.07 Å². The summed E-state index contributed by atoms with van der Waals surface area (Å²) in [4.78, 5) is 11.6. The minimum absolute atomic E-state index is 0.0620. The zero-order valence-corrected chi connectivity index (χ0v) is 14.4. The molecule has 1 saturated heterocycles. The van der Waals surface area contributed by atoms with E-state index in [4.69, 9.17) is 4.74 Å². The number of ether oxygens (including phenoxy) is 1. The largest absolute Gasteiger partial charge is 0.379 e. The molecule has 0 spiro atoms. The third kappa shape index (κ3) is 3.90. The Morgan fingerprint density at radius 1 is 1.08 bits per heavy atom. The van der Waals surface area contributed by atoms with E-state index >= 15 is 0 Å². The summed E-state index contributed by atoms with van der Waals surface area (Å²) in [6.07, 6.45) is 0. The van der Waals surface area contributed by atoms with Crippen LogP contribution >= 0.6 is 0 Å². The Morgan fingerprint density at radius 2 is 1.81 bits per heavy atom. The van der Waals surface area contributed by atoms with E-state index in [0.717, 1.165) is 22.5 Å². The number of nitrogens with one attached hydrogen (secondary N) is 1. The van der Waals surface area contributed by atoms with E-state index in [1.54, 1.807) is 0 Å². The van der Waals surface area contributed by atoms with Crippen LogP contribution in [0.3, 0.4) is 0 Å². The van der Waals surface area contributed by atoms with Crippen molar-refractivity contribution in [2.24, 2.45) is 0 Å². The first-order valence-electron chi connectivity index (χ1n) is 7.82. The number of nitrogens with zero attached hydrogens (tertiary/aromatic N) is 1. The highest BCUT2D eigenvalue weighted by Gasteiger charge is 2.29. The smallest absolute Gasteiger partial charge is 0.255 e. The molecular weight excluding hydrogens is 366 g/mol. The van der Waals surface area contributed by atoms with Crippen LogP contribution in [0.2, 0.25) is 0 Å². The van der Waals surface area contributed by atoms with Gasteiger partial charge in [-0.25, -0.2) is 17.2 Å². The number of benzene rings is 2. The first-order valence-corrected chi connectivity index (χ1v) is 9.26. The molecule has 138 valence electrons. The summed E-state index contributed by atoms with van der Waals surface area (Å²) in [6.45, 7) is 0.719. The molecule has 0 aliphatic carbocycles. The molecule has 1 N–H and O–H groups in total. The number of hydrogen-bond donors (Lipinski definition) is 1. The van der Waals surface area contributed by atoms with Gasteiger partial charge in [0.2, 0.25) is 10.0 Å². The lowest BCUT2D eigenvalue weighted by atomic mass is 10.2. The monoisotopic (exact) mass is 382 g/mol. The highest BCUT2D eigenvalue weighted by Crippen LogP contribution is 2.24. The standard InChI is InChI=1S/C17H16F2N2O4S/c18-13-3-1-2-12(10-13)17(22)20-14-4-5-15(19)16(11-14)26(23,24)21-6-8-25-9-7-21/h1-5,10-11H,6-9H2,(H,20,22). The summed E-state index contributed by atoms with van der Waals surface area (Å²) in [5, 5.41) is 2.45. The topological polar surface area (TPSA) is 75.7 Å². The Bertz CT molecular complexity index is 928. The fourth-order valence-corrected chi connectivity index (χ4v) is 4.04. The van der Waals surface area contributed by atoms with Crippen LogP contribution in [-0.2, 0) is 14.8 Å². The molecule has 0 bridgehead atoms. The Kier molecular flexibility index (Phi) is 5.30. The first kappa shape index (κ1) is 18.4. The number of carbonyl (C=O) groups excluding carboxylic acids is 1. The zero-order chi connectivity index (χ0) is 18.7. The average molecular weight is 382 g/mol. The number of hydrogen-bond acceptors (Lipinski definition) is 4. The summed E-state index contributed by atoms with van der Waals surface area (Å²) in [6, 6.07) is 8.29. The van der Waals surface area contributed by atoms with Crippen molar-refractivity contribution in [2.75, 3.05) is 31.6 Å². The van der Waals surface area contributed by atoms with Gasteiger partial charge in [0.25, 0.3) is 5.91 Å². The van der Waals surface area contributed by atoms with Gasteiger partial charge in [0.15, 0.2) is 0 Å². The molecular formula is C17H16F2N2O4S. The predicted molar refractivity (Wildman–Crippen MR) is 90.3 cm³/mol. The molecule has 1 amide bonds. The molecule has 0 radical (unpaired) electrons. The lowest BCUT2D eigenvalue weighted by molar-refractivity contribution is 0.0729. The number of morpholine rings is 1. The van der Waals surface area contributed by atoms with Crippen molar-refractivity contribution in [3.05, 3.63) is 59.7 Å². The van der Waals surface area contributed by atoms with Gasteiger partial charge < -0.3 is 10.1 Å². The Hall–Kier alpha value is -2.36. The summed E-state index contributed by atoms with van der Waals surface area (Å²) in [5.74, 6) is -2.13. The summed E-state index contributed by atoms with van der Waals surface area (Å²) < 4.78 is 58.9. The lowest BCUT2D eigenvalue weighted by Crippen LogP contribution is -2.40. The summed E-state index contributed by atoms with van der Waals surface area (Å²) >= 11 is 0. The van der Waals surface area contributed by atoms with Gasteiger partial charge >= 0.3 is 0 Å². The second kappa shape index (κ2) is 7.48. The maximum absolute atomic E-state index is 14.1. The maximum Gasteiger partial charge on any atom is 0.255 e. The van der Waals surface area contributed by atoms with Crippen molar-refractivity contribution in [2.45, 2.75) is 4.90 Å². The molecule has 0 saturated carbocycles. The molecule has 1 fully saturated rings. The SMILES string of the molecule is O=C(Nc1ccc(F)c(S(=O)(=O)N2CCOCC2)c1)c1cccc(F)c1. The second-order valence-corrected chi connectivity index (χ2v) is 7.53. The van der Waals surface area contributed by atoms with Crippen LogP contribution in [0.1, 0.15) is 10.4 Å². The van der Waals surface area contributed by atoms with Crippen molar-refractivity contribution in [3.8, 4) is 0 Å². The van der Waals surface area contributed by atoms with Gasteiger partial charge in [0.05, 0.1) is 13.2 Å². The molecule has 0 atom stereocenters. The third-order valence-corrected chi connectivity index (χ3v) is 5.78. The fraction of sp³-hybridized carbons (Fsp3) is 0.235. The highest BCUT2D eigenvalue weighted by molar-refractivity contribution is 7.89. The number of sulfonamides is 1. The van der Waals surface area contributed by atoms with E-state index in [-0.39, 0.29) is 37.6 Å². The molecule has 6 nitrogen and oxygen atoms in total. The third-order valence-electron chi connectivity index (χ3n) is 3.86. The number of amides is 1. The summed E-state index contributed by atoms with van der Waals surface area (Å²) in [5.41, 5.74) is 0.152. The fourth-order valence-electron chi connectivity index (χ4n) is 2.54. The van der Waals surface area contributed by atoms with Gasteiger partial charge in [-0.15, -0.1) is 0 Å². The maximum atomic E-state index is 14.1. The molecule has 1 aliphatic heterocycles. The Balaban J connectivity index is 1.86. The molecule has 9 heteroatoms. The molecule has 2 aromatic carbocycles. The van der Waals surface area contributed by atoms with Gasteiger partial charge in [0, 0.05) is 24.3 Å². The van der Waals surface area contributed by atoms with Crippen LogP contribution in [0.5, 0.6) is 0 Å². The van der Waals surface area contributed by atoms with E-state index in [9.17, 15) is 22.0 Å². The van der Waals surface area contributed by atoms with Crippen molar-refractivity contribution < 1.29 is 26.7 Å². The minimum atomic E-state index is -4.06. The van der Waals surface area contributed by atoms with Gasteiger partial charge in [0.1, 0.15) is 16.5 Å². The average Bonchev–Trinajstić information content (AvgIpc) is 2.64. The molecule has 1 heterocycles. The number of carbonyl (C=O) groups is 1. The molecule has 3 rings (SSSR count). The van der Waals surface area contributed by atoms with Gasteiger partial charge in [-0.2, -0.15) is 4.31 Å². The number of rotatable bonds is 4. The van der Waals surface area contributed by atoms with Crippen LogP contribution in [0, 0.1) is 11.6 Å². The van der Waals surface area contributed by atoms with Crippen molar-refractivity contribution >= 4 is 21.6 Å². The van der Waals surface area contributed by atoms with E-state index in [1.165, 1.54) is 24.3 Å². The van der Waals surface area contributed by atoms with E-state index in [2.05, 4.69) is 5.32 Å². The van der Waals surface area contributed by atoms with Gasteiger partial charge in [-0.05, 0) is 36.4 Å². The van der Waals surface area contributed by atoms with Gasteiger partial charge in [-0.3, -0.25) is 4.79 Å². The second-order valence-electron chi connectivity index (χ2n) is 5.63. The van der Waals surface area contributed by atoms with E-state index < -0.39 is 32.5 Å². The number of halogens is 2. The highest BCUT2D eigenvalue weighted by atomic mass is 32.2. The molecule has 1 aliphatic rings. The van der Waals surface area contributed by atoms with Crippen LogP contribution in [-0.4, -0.2) is 44.9 Å². The van der Waals surface area contributed by atoms with Crippen molar-refractivity contribution in [3.63, 3.8) is 0 Å². The lowest BCUT2D eigenvalue weighted by Gasteiger charge is -2.26. The molecule has 0 unspecified atom stereocenters. The molecule has 0 aromatic heterocycles. The van der Waals surface area contributed by atoms with E-state index in [0.29, 0.717) is 0 Å². The zero-order valence-electron chi connectivity index (χ0n) is 13.6. The van der Waals surface area contributed by atoms with Crippen LogP contribution in [0.15, 0.2) is 47.4 Å². The molecule has 2 aromatic rings. The Morgan fingerprint density at radius 3 is 2.50 bits per heavy atom. The quantitative estimate of drug-likeness (QED) is 0.880. The van der Waals surface area contributed by atoms with E-state index in [1.807, 2.05) is 0 Å². The predicted octanol–water partition coefficient (Wildman–Crippen LogP) is 2.24. The normalized spacial score (nSPS) is 15.6. The minimum Gasteiger partial charge on any atom is -0.379 e. The van der Waals surface area contributed by atoms with Crippen molar-refractivity contribution in [1.82, 2.24) is 4.31 Å². The van der Waals surface area contributed by atoms with Crippen LogP contribution in [0.4, 0.5) is 14.5 Å². The number of anilines is 1. The first-order chi connectivity index (χ1) is 12.4. The van der Waals surface area contributed by atoms with Crippen LogP contribution < -0.4 is 5.32 Å².